The summed E-state index contributed by atoms with van der Waals surface area (Å²) in [4.78, 5) is 20.4. The maximum atomic E-state index is 13.6. The number of para-hydroxylation sites is 2. The topological polar surface area (TPSA) is 75.5 Å². The zero-order chi connectivity index (χ0) is 21.3. The second-order valence-corrected chi connectivity index (χ2v) is 11.8. The lowest BCUT2D eigenvalue weighted by atomic mass is 10.2. The van der Waals surface area contributed by atoms with E-state index < -0.39 is 10.0 Å². The molecule has 2 aromatic carbocycles. The first-order valence-electron chi connectivity index (χ1n) is 10.5. The predicted octanol–water partition coefficient (Wildman–Crippen LogP) is 3.48. The Morgan fingerprint density at radius 3 is 2.74 bits per heavy atom. The molecule has 0 unspecified atom stereocenters. The quantitative estimate of drug-likeness (QED) is 0.606. The third-order valence-corrected chi connectivity index (χ3v) is 9.08. The van der Waals surface area contributed by atoms with Crippen molar-refractivity contribution in [2.45, 2.75) is 41.4 Å². The van der Waals surface area contributed by atoms with E-state index in [1.807, 2.05) is 34.9 Å². The number of anilines is 2. The van der Waals surface area contributed by atoms with Gasteiger partial charge in [-0.05, 0) is 43.2 Å². The first kappa shape index (κ1) is 19.2. The third kappa shape index (κ3) is 2.97. The van der Waals surface area contributed by atoms with Gasteiger partial charge in [0.15, 0.2) is 0 Å². The minimum atomic E-state index is -3.80. The van der Waals surface area contributed by atoms with Crippen LogP contribution in [-0.2, 0) is 21.4 Å². The first-order chi connectivity index (χ1) is 14.9. The maximum Gasteiger partial charge on any atom is 0.266 e. The zero-order valence-electron chi connectivity index (χ0n) is 17.1. The van der Waals surface area contributed by atoms with Crippen molar-refractivity contribution in [1.82, 2.24) is 9.55 Å². The summed E-state index contributed by atoms with van der Waals surface area (Å²) >= 11 is 1.69. The molecule has 3 heterocycles. The summed E-state index contributed by atoms with van der Waals surface area (Å²) in [6, 6.07) is 12.9. The number of carbonyl (C=O) groups excluding carboxylic acids is 1. The normalized spacial score (nSPS) is 20.7. The van der Waals surface area contributed by atoms with Gasteiger partial charge in [-0.3, -0.25) is 4.79 Å². The van der Waals surface area contributed by atoms with Crippen LogP contribution >= 0.6 is 11.8 Å². The van der Waals surface area contributed by atoms with Gasteiger partial charge in [-0.25, -0.2) is 17.7 Å². The highest BCUT2D eigenvalue weighted by molar-refractivity contribution is 8.00. The molecule has 31 heavy (non-hydrogen) atoms. The Hall–Kier alpha value is -2.52. The van der Waals surface area contributed by atoms with E-state index in [2.05, 4.69) is 11.9 Å². The fourth-order valence-corrected chi connectivity index (χ4v) is 6.98. The number of rotatable bonds is 3. The van der Waals surface area contributed by atoms with Crippen molar-refractivity contribution in [3.8, 4) is 0 Å². The van der Waals surface area contributed by atoms with Crippen molar-refractivity contribution in [3.05, 3.63) is 42.5 Å². The standard InChI is InChI=1S/C22H22N4O3S2/c1-14-13-25(21(27)15-6-7-15)19-12-16(8-9-20(19)30-14)31(28,29)26-11-10-24-18-5-3-2-4-17(18)23-22(24)26/h2-5,8-9,12,14-15H,6-7,10-11,13H2,1H3/t14-/m1/s1. The number of hydrogen-bond acceptors (Lipinski definition) is 5. The van der Waals surface area contributed by atoms with Gasteiger partial charge in [-0.2, -0.15) is 0 Å². The molecule has 0 spiro atoms. The van der Waals surface area contributed by atoms with Gasteiger partial charge >= 0.3 is 0 Å². The molecule has 1 saturated carbocycles. The van der Waals surface area contributed by atoms with E-state index in [9.17, 15) is 13.2 Å². The van der Waals surface area contributed by atoms with Crippen LogP contribution in [0.25, 0.3) is 11.0 Å². The zero-order valence-corrected chi connectivity index (χ0v) is 18.7. The average molecular weight is 455 g/mol. The lowest BCUT2D eigenvalue weighted by molar-refractivity contribution is -0.119. The number of carbonyl (C=O) groups is 1. The number of hydrogen-bond donors (Lipinski definition) is 0. The van der Waals surface area contributed by atoms with Crippen LogP contribution in [0.4, 0.5) is 11.6 Å². The van der Waals surface area contributed by atoms with Crippen LogP contribution in [0, 0.1) is 5.92 Å². The van der Waals surface area contributed by atoms with Crippen LogP contribution in [0.2, 0.25) is 0 Å². The fourth-order valence-electron chi connectivity index (χ4n) is 4.46. The molecule has 3 aliphatic rings. The van der Waals surface area contributed by atoms with E-state index in [0.717, 1.165) is 28.8 Å². The van der Waals surface area contributed by atoms with E-state index in [0.29, 0.717) is 31.3 Å². The van der Waals surface area contributed by atoms with E-state index >= 15 is 0 Å². The van der Waals surface area contributed by atoms with Crippen molar-refractivity contribution in [1.29, 1.82) is 0 Å². The van der Waals surface area contributed by atoms with E-state index in [1.54, 1.807) is 28.8 Å². The number of sulfonamides is 1. The van der Waals surface area contributed by atoms with E-state index in [1.165, 1.54) is 4.31 Å². The molecule has 6 rings (SSSR count). The lowest BCUT2D eigenvalue weighted by Crippen LogP contribution is -2.39. The van der Waals surface area contributed by atoms with Crippen molar-refractivity contribution < 1.29 is 13.2 Å². The highest BCUT2D eigenvalue weighted by Crippen LogP contribution is 2.43. The smallest absolute Gasteiger partial charge is 0.266 e. The Morgan fingerprint density at radius 2 is 1.94 bits per heavy atom. The second-order valence-electron chi connectivity index (χ2n) is 8.41. The molecule has 160 valence electrons. The molecule has 1 amide bonds. The predicted molar refractivity (Wildman–Crippen MR) is 121 cm³/mol. The molecule has 1 aromatic heterocycles. The van der Waals surface area contributed by atoms with Gasteiger partial charge in [0.2, 0.25) is 11.9 Å². The Labute approximate surface area is 185 Å². The van der Waals surface area contributed by atoms with Crippen LogP contribution in [0.5, 0.6) is 0 Å². The molecule has 2 aliphatic heterocycles. The molecule has 0 N–H and O–H groups in total. The van der Waals surface area contributed by atoms with Crippen LogP contribution in [0.3, 0.4) is 0 Å². The molecule has 0 radical (unpaired) electrons. The lowest BCUT2D eigenvalue weighted by Gasteiger charge is -2.33. The summed E-state index contributed by atoms with van der Waals surface area (Å²) in [5, 5.41) is 0.274. The van der Waals surface area contributed by atoms with Crippen molar-refractivity contribution in [2.24, 2.45) is 5.92 Å². The van der Waals surface area contributed by atoms with E-state index in [4.69, 9.17) is 0 Å². The van der Waals surface area contributed by atoms with Crippen LogP contribution in [0.1, 0.15) is 19.8 Å². The van der Waals surface area contributed by atoms with Gasteiger partial charge in [-0.15, -0.1) is 11.8 Å². The average Bonchev–Trinajstić information content (AvgIpc) is 3.42. The number of imidazole rings is 1. The summed E-state index contributed by atoms with van der Waals surface area (Å²) in [6.45, 7) is 3.62. The molecule has 9 heteroatoms. The number of aromatic nitrogens is 2. The summed E-state index contributed by atoms with van der Waals surface area (Å²) in [5.41, 5.74) is 2.44. The van der Waals surface area contributed by atoms with Crippen LogP contribution in [0.15, 0.2) is 52.3 Å². The second kappa shape index (κ2) is 6.74. The van der Waals surface area contributed by atoms with Gasteiger partial charge in [0.25, 0.3) is 10.0 Å². The minimum absolute atomic E-state index is 0.0851. The maximum absolute atomic E-state index is 13.6. The van der Waals surface area contributed by atoms with Crippen molar-refractivity contribution >= 4 is 50.4 Å². The molecule has 1 fully saturated rings. The monoisotopic (exact) mass is 454 g/mol. The van der Waals surface area contributed by atoms with Crippen molar-refractivity contribution in [2.75, 3.05) is 22.3 Å². The summed E-state index contributed by atoms with van der Waals surface area (Å²) in [7, 11) is -3.80. The number of amides is 1. The number of fused-ring (bicyclic) bond motifs is 4. The number of nitrogens with zero attached hydrogens (tertiary/aromatic N) is 4. The molecule has 1 atom stereocenters. The summed E-state index contributed by atoms with van der Waals surface area (Å²) in [5.74, 6) is 0.653. The molecular formula is C22H22N4O3S2. The number of benzene rings is 2. The van der Waals surface area contributed by atoms with Gasteiger partial charge in [0, 0.05) is 29.2 Å². The highest BCUT2D eigenvalue weighted by Gasteiger charge is 2.39. The van der Waals surface area contributed by atoms with E-state index in [-0.39, 0.29) is 22.0 Å². The SMILES string of the molecule is C[C@@H]1CN(C(=O)C2CC2)c2cc(S(=O)(=O)N3CCn4c3nc3ccccc34)ccc2S1. The highest BCUT2D eigenvalue weighted by atomic mass is 32.2. The largest absolute Gasteiger partial charge is 0.310 e. The summed E-state index contributed by atoms with van der Waals surface area (Å²) < 4.78 is 30.6. The molecular weight excluding hydrogens is 432 g/mol. The van der Waals surface area contributed by atoms with Gasteiger partial charge in [-0.1, -0.05) is 19.1 Å². The Morgan fingerprint density at radius 1 is 1.13 bits per heavy atom. The van der Waals surface area contributed by atoms with Crippen molar-refractivity contribution in [3.63, 3.8) is 0 Å². The molecule has 0 bridgehead atoms. The first-order valence-corrected chi connectivity index (χ1v) is 12.9. The fraction of sp³-hybridized carbons (Fsp3) is 0.364. The Kier molecular flexibility index (Phi) is 4.17. The van der Waals surface area contributed by atoms with Gasteiger partial charge in [0.1, 0.15) is 0 Å². The molecule has 3 aromatic rings. The van der Waals surface area contributed by atoms with Gasteiger partial charge in [0.05, 0.1) is 28.2 Å². The Balaban J connectivity index is 1.41. The minimum Gasteiger partial charge on any atom is -0.310 e. The van der Waals surface area contributed by atoms with Crippen LogP contribution in [-0.4, -0.2) is 42.2 Å². The third-order valence-electron chi connectivity index (χ3n) is 6.15. The molecule has 7 nitrogen and oxygen atoms in total. The molecule has 1 aliphatic carbocycles. The molecule has 0 saturated heterocycles. The van der Waals surface area contributed by atoms with Crippen LogP contribution < -0.4 is 9.21 Å². The number of thioether (sulfide) groups is 1. The summed E-state index contributed by atoms with van der Waals surface area (Å²) in [6.07, 6.45) is 1.85. The Bertz CT molecular complexity index is 1330. The van der Waals surface area contributed by atoms with Gasteiger partial charge < -0.3 is 9.47 Å².